The first-order valence-electron chi connectivity index (χ1n) is 5.52. The molecule has 3 nitrogen and oxygen atoms in total. The van der Waals surface area contributed by atoms with Crippen LogP contribution in [0.5, 0.6) is 0 Å². The van der Waals surface area contributed by atoms with Gasteiger partial charge in [-0.15, -0.1) is 0 Å². The fourth-order valence-corrected chi connectivity index (χ4v) is 1.85. The van der Waals surface area contributed by atoms with Crippen LogP contribution in [-0.4, -0.2) is 22.3 Å². The van der Waals surface area contributed by atoms with E-state index >= 15 is 0 Å². The van der Waals surface area contributed by atoms with Crippen LogP contribution in [0, 0.1) is 0 Å². The minimum atomic E-state index is -0.189. The van der Waals surface area contributed by atoms with Gasteiger partial charge in [0.2, 0.25) is 0 Å². The van der Waals surface area contributed by atoms with E-state index in [0.29, 0.717) is 0 Å². The molecule has 0 heterocycles. The molecule has 1 atom stereocenters. The zero-order valence-electron chi connectivity index (χ0n) is 9.71. The van der Waals surface area contributed by atoms with Crippen molar-refractivity contribution >= 4 is 16.2 Å². The number of hydrogen-bond acceptors (Lipinski definition) is 3. The number of carbonyl (C=O) groups excluding carboxylic acids is 1. The molecule has 0 aliphatic rings. The van der Waals surface area contributed by atoms with Crippen molar-refractivity contribution in [3.8, 4) is 0 Å². The molecule has 0 rings (SSSR count). The molecule has 0 aliphatic carbocycles. The summed E-state index contributed by atoms with van der Waals surface area (Å²) in [7, 11) is 0.841. The second-order valence-electron chi connectivity index (χ2n) is 3.63. The van der Waals surface area contributed by atoms with Crippen LogP contribution >= 0.6 is 0 Å². The van der Waals surface area contributed by atoms with Gasteiger partial charge in [0.15, 0.2) is 0 Å². The van der Waals surface area contributed by atoms with Gasteiger partial charge in [-0.2, -0.15) is 4.89 Å². The summed E-state index contributed by atoms with van der Waals surface area (Å²) < 4.78 is 0. The predicted molar refractivity (Wildman–Crippen MR) is 60.1 cm³/mol. The number of rotatable bonds is 7. The predicted octanol–water partition coefficient (Wildman–Crippen LogP) is 1.60. The van der Waals surface area contributed by atoms with Crippen LogP contribution < -0.4 is 0 Å². The van der Waals surface area contributed by atoms with Crippen LogP contribution in [0.3, 0.4) is 0 Å². The number of hydrogen-bond donors (Lipinski definition) is 0. The Morgan fingerprint density at radius 1 is 1.29 bits per heavy atom. The molecule has 0 bridgehead atoms. The smallest absolute Gasteiger partial charge is 0.298 e. The Morgan fingerprint density at radius 3 is 2.29 bits per heavy atom. The maximum atomic E-state index is 11.4. The van der Waals surface area contributed by atoms with E-state index in [4.69, 9.17) is 9.78 Å². The Labute approximate surface area is 89.5 Å². The Morgan fingerprint density at radius 2 is 1.86 bits per heavy atom. The molecule has 84 valence electrons. The topological polar surface area (TPSA) is 35.5 Å². The largest absolute Gasteiger partial charge is 0.341 e. The van der Waals surface area contributed by atoms with Crippen molar-refractivity contribution in [1.29, 1.82) is 0 Å². The fraction of sp³-hybridized carbons (Fsp3) is 0.900. The van der Waals surface area contributed by atoms with E-state index in [0.717, 1.165) is 35.9 Å². The zero-order valence-corrected chi connectivity index (χ0v) is 11.7. The molecule has 0 aliphatic heterocycles. The Kier molecular flexibility index (Phi) is 7.80. The molecule has 0 aromatic rings. The van der Waals surface area contributed by atoms with Gasteiger partial charge in [-0.3, -0.25) is 4.89 Å². The second kappa shape index (κ2) is 8.00. The third-order valence-corrected chi connectivity index (χ3v) is 3.35. The van der Waals surface area contributed by atoms with Gasteiger partial charge in [0.1, 0.15) is 6.10 Å². The minimum absolute atomic E-state index is 0.0504. The molecule has 0 aromatic carbocycles. The summed E-state index contributed by atoms with van der Waals surface area (Å²) in [6, 6.07) is 0. The van der Waals surface area contributed by atoms with E-state index in [9.17, 15) is 4.79 Å². The molecule has 4 heteroatoms. The molecule has 0 amide bonds. The maximum absolute atomic E-state index is 11.4. The van der Waals surface area contributed by atoms with Crippen molar-refractivity contribution in [3.05, 3.63) is 0 Å². The normalized spacial score (nSPS) is 13.1. The molecule has 0 N–H and O–H groups in total. The first kappa shape index (κ1) is 13.6. The van der Waals surface area contributed by atoms with Crippen molar-refractivity contribution in [2.75, 3.05) is 0 Å². The summed E-state index contributed by atoms with van der Waals surface area (Å²) in [6.45, 7) is 6.11. The molecule has 0 saturated carbocycles. The Bertz CT molecular complexity index is 157. The third kappa shape index (κ3) is 5.39. The minimum Gasteiger partial charge on any atom is -0.298 e. The standard InChI is InChI=1S/C10H22O3Si/c1-4-7-9(14)10(11)13-12-8(5-2)6-3/h8-9H,4-7H2,1-3,14H3. The van der Waals surface area contributed by atoms with E-state index in [-0.39, 0.29) is 17.6 Å². The van der Waals surface area contributed by atoms with Crippen molar-refractivity contribution in [3.63, 3.8) is 0 Å². The van der Waals surface area contributed by atoms with Gasteiger partial charge < -0.3 is 0 Å². The van der Waals surface area contributed by atoms with Gasteiger partial charge in [-0.25, -0.2) is 4.79 Å². The van der Waals surface area contributed by atoms with Gasteiger partial charge in [0, 0.05) is 15.8 Å². The quantitative estimate of drug-likeness (QED) is 0.370. The summed E-state index contributed by atoms with van der Waals surface area (Å²) in [5.74, 6) is -0.189. The molecule has 0 radical (unpaired) electrons. The van der Waals surface area contributed by atoms with Crippen LogP contribution in [0.2, 0.25) is 5.54 Å². The lowest BCUT2D eigenvalue weighted by Crippen LogP contribution is -2.18. The summed E-state index contributed by atoms with van der Waals surface area (Å²) in [5.41, 5.74) is 0.0781. The van der Waals surface area contributed by atoms with Crippen LogP contribution in [-0.2, 0) is 14.6 Å². The molecule has 14 heavy (non-hydrogen) atoms. The lowest BCUT2D eigenvalue weighted by Gasteiger charge is -2.13. The van der Waals surface area contributed by atoms with E-state index in [1.165, 1.54) is 0 Å². The summed E-state index contributed by atoms with van der Waals surface area (Å²) in [4.78, 5) is 21.2. The van der Waals surface area contributed by atoms with Crippen molar-refractivity contribution in [2.45, 2.75) is 58.1 Å². The lowest BCUT2D eigenvalue weighted by atomic mass is 10.2. The van der Waals surface area contributed by atoms with Crippen molar-refractivity contribution in [1.82, 2.24) is 0 Å². The highest BCUT2D eigenvalue weighted by atomic mass is 28.1. The van der Waals surface area contributed by atoms with Crippen molar-refractivity contribution < 1.29 is 14.6 Å². The monoisotopic (exact) mass is 218 g/mol. The van der Waals surface area contributed by atoms with Gasteiger partial charge in [0.05, 0.1) is 0 Å². The van der Waals surface area contributed by atoms with Gasteiger partial charge in [0.25, 0.3) is 0 Å². The van der Waals surface area contributed by atoms with Crippen LogP contribution in [0.4, 0.5) is 0 Å². The van der Waals surface area contributed by atoms with E-state index in [2.05, 4.69) is 6.92 Å². The van der Waals surface area contributed by atoms with Crippen LogP contribution in [0.25, 0.3) is 0 Å². The molecule has 0 saturated heterocycles. The second-order valence-corrected chi connectivity index (χ2v) is 5.02. The molecular weight excluding hydrogens is 196 g/mol. The Hall–Kier alpha value is -0.353. The van der Waals surface area contributed by atoms with Gasteiger partial charge in [-0.1, -0.05) is 27.2 Å². The highest BCUT2D eigenvalue weighted by molar-refractivity contribution is 6.22. The Balaban J connectivity index is 3.71. The molecule has 0 aromatic heterocycles. The summed E-state index contributed by atoms with van der Waals surface area (Å²) >= 11 is 0. The van der Waals surface area contributed by atoms with E-state index < -0.39 is 0 Å². The highest BCUT2D eigenvalue weighted by Gasteiger charge is 2.16. The SMILES string of the molecule is CCCC([SiH3])C(=O)OOC(CC)CC. The molecule has 1 unspecified atom stereocenters. The van der Waals surface area contributed by atoms with Gasteiger partial charge in [-0.05, 0) is 19.3 Å². The third-order valence-electron chi connectivity index (χ3n) is 2.30. The number of carbonyl (C=O) groups is 1. The maximum Gasteiger partial charge on any atom is 0.341 e. The summed E-state index contributed by atoms with van der Waals surface area (Å²) in [5, 5.41) is 0. The van der Waals surface area contributed by atoms with Gasteiger partial charge >= 0.3 is 5.97 Å². The lowest BCUT2D eigenvalue weighted by molar-refractivity contribution is -0.298. The van der Waals surface area contributed by atoms with Crippen molar-refractivity contribution in [2.24, 2.45) is 0 Å². The average Bonchev–Trinajstić information content (AvgIpc) is 2.19. The summed E-state index contributed by atoms with van der Waals surface area (Å²) in [6.07, 6.45) is 3.74. The zero-order chi connectivity index (χ0) is 11.0. The molecular formula is C10H22O3Si. The highest BCUT2D eigenvalue weighted by Crippen LogP contribution is 2.12. The molecule has 0 fully saturated rings. The van der Waals surface area contributed by atoms with Crippen LogP contribution in [0.1, 0.15) is 46.5 Å². The van der Waals surface area contributed by atoms with Crippen LogP contribution in [0.15, 0.2) is 0 Å². The molecule has 0 spiro atoms. The fourth-order valence-electron chi connectivity index (χ4n) is 1.17. The first-order valence-corrected chi connectivity index (χ1v) is 6.68. The van der Waals surface area contributed by atoms with E-state index in [1.807, 2.05) is 13.8 Å². The van der Waals surface area contributed by atoms with E-state index in [1.54, 1.807) is 0 Å². The first-order chi connectivity index (χ1) is 6.65. The average molecular weight is 218 g/mol.